The summed E-state index contributed by atoms with van der Waals surface area (Å²) in [6, 6.07) is 0. The van der Waals surface area contributed by atoms with E-state index in [9.17, 15) is 0 Å². The Bertz CT molecular complexity index is 68.9. The molecule has 0 saturated heterocycles. The molecule has 0 rings (SSSR count). The van der Waals surface area contributed by atoms with Gasteiger partial charge in [-0.2, -0.15) is 0 Å². The topological polar surface area (TPSA) is 12.4 Å². The highest BCUT2D eigenvalue weighted by molar-refractivity contribution is 7.97. The van der Waals surface area contributed by atoms with E-state index in [4.69, 9.17) is 0 Å². The molecule has 0 aliphatic heterocycles. The van der Waals surface area contributed by atoms with Crippen LogP contribution in [0.1, 0.15) is 20.3 Å². The zero-order valence-corrected chi connectivity index (χ0v) is 6.53. The molecule has 0 spiro atoms. The molecule has 0 unspecified atom stereocenters. The molecule has 0 fully saturated rings. The zero-order chi connectivity index (χ0) is 6.41. The Morgan fingerprint density at radius 3 is 2.62 bits per heavy atom. The van der Waals surface area contributed by atoms with Crippen molar-refractivity contribution in [3.8, 4) is 0 Å². The predicted octanol–water partition coefficient (Wildman–Crippen LogP) is 2.38. The molecule has 48 valence electrons. The van der Waals surface area contributed by atoms with Crippen molar-refractivity contribution in [3.63, 3.8) is 0 Å². The fraction of sp³-hybridized carbons (Fsp3) is 0.833. The first-order valence-electron chi connectivity index (χ1n) is 2.82. The number of nitrogens with zero attached hydrogens (tertiary/aromatic N) is 1. The number of hydrogen-bond acceptors (Lipinski definition) is 2. The summed E-state index contributed by atoms with van der Waals surface area (Å²) < 4.78 is 4.00. The fourth-order valence-corrected chi connectivity index (χ4v) is 0.564. The van der Waals surface area contributed by atoms with Crippen LogP contribution in [0.15, 0.2) is 4.40 Å². The van der Waals surface area contributed by atoms with Gasteiger partial charge >= 0.3 is 0 Å². The molecular formula is C6H13NS. The van der Waals surface area contributed by atoms with Crippen LogP contribution in [-0.4, -0.2) is 12.5 Å². The Morgan fingerprint density at radius 2 is 2.25 bits per heavy atom. The lowest BCUT2D eigenvalue weighted by Gasteiger charge is -1.93. The van der Waals surface area contributed by atoms with E-state index in [-0.39, 0.29) is 0 Å². The Hall–Kier alpha value is 0.0200. The lowest BCUT2D eigenvalue weighted by atomic mass is 10.2. The summed E-state index contributed by atoms with van der Waals surface area (Å²) in [5, 5.41) is 0. The van der Waals surface area contributed by atoms with Gasteiger partial charge in [0.15, 0.2) is 0 Å². The summed E-state index contributed by atoms with van der Waals surface area (Å²) in [4.78, 5) is 0. The van der Waals surface area contributed by atoms with Crippen molar-refractivity contribution in [3.05, 3.63) is 0 Å². The Balaban J connectivity index is 3.03. The van der Waals surface area contributed by atoms with Crippen LogP contribution in [-0.2, 0) is 0 Å². The molecule has 0 aliphatic rings. The SMILES string of the molecule is CS/N=C\CC(C)C. The van der Waals surface area contributed by atoms with Crippen molar-refractivity contribution in [1.82, 2.24) is 0 Å². The van der Waals surface area contributed by atoms with Crippen LogP contribution in [0.3, 0.4) is 0 Å². The minimum Gasteiger partial charge on any atom is -0.229 e. The second-order valence-corrected chi connectivity index (χ2v) is 2.68. The molecule has 0 aromatic heterocycles. The smallest absolute Gasteiger partial charge is 0.0128 e. The van der Waals surface area contributed by atoms with Crippen molar-refractivity contribution in [2.75, 3.05) is 6.26 Å². The second kappa shape index (κ2) is 5.16. The van der Waals surface area contributed by atoms with Crippen molar-refractivity contribution < 1.29 is 0 Å². The van der Waals surface area contributed by atoms with Gasteiger partial charge in [0, 0.05) is 12.5 Å². The molecule has 0 N–H and O–H groups in total. The first-order chi connectivity index (χ1) is 3.77. The van der Waals surface area contributed by atoms with E-state index in [1.54, 1.807) is 0 Å². The van der Waals surface area contributed by atoms with Gasteiger partial charge in [-0.1, -0.05) is 13.8 Å². The van der Waals surface area contributed by atoms with Crippen LogP contribution < -0.4 is 0 Å². The third-order valence-electron chi connectivity index (χ3n) is 0.757. The van der Waals surface area contributed by atoms with Crippen molar-refractivity contribution in [1.29, 1.82) is 0 Å². The van der Waals surface area contributed by atoms with E-state index in [2.05, 4.69) is 18.2 Å². The standard InChI is InChI=1S/C6H13NS/c1-6(2)4-5-7-8-3/h5-6H,4H2,1-3H3/b7-5-. The first-order valence-corrected chi connectivity index (χ1v) is 4.00. The lowest BCUT2D eigenvalue weighted by Crippen LogP contribution is -1.85. The normalized spacial score (nSPS) is 11.5. The zero-order valence-electron chi connectivity index (χ0n) is 5.72. The second-order valence-electron chi connectivity index (χ2n) is 2.10. The minimum atomic E-state index is 0.742. The van der Waals surface area contributed by atoms with Gasteiger partial charge in [0.25, 0.3) is 0 Å². The van der Waals surface area contributed by atoms with E-state index in [0.717, 1.165) is 12.3 Å². The quantitative estimate of drug-likeness (QED) is 0.423. The van der Waals surface area contributed by atoms with E-state index < -0.39 is 0 Å². The van der Waals surface area contributed by atoms with E-state index in [1.165, 1.54) is 11.9 Å². The Labute approximate surface area is 55.7 Å². The molecule has 0 aliphatic carbocycles. The summed E-state index contributed by atoms with van der Waals surface area (Å²) in [6.45, 7) is 4.37. The summed E-state index contributed by atoms with van der Waals surface area (Å²) in [7, 11) is 0. The summed E-state index contributed by atoms with van der Waals surface area (Å²) in [6.07, 6.45) is 5.03. The molecule has 0 aromatic rings. The van der Waals surface area contributed by atoms with Crippen LogP contribution >= 0.6 is 11.9 Å². The maximum absolute atomic E-state index is 4.00. The van der Waals surface area contributed by atoms with Gasteiger partial charge < -0.3 is 0 Å². The molecule has 0 atom stereocenters. The number of hydrogen-bond donors (Lipinski definition) is 0. The third kappa shape index (κ3) is 6.02. The highest BCUT2D eigenvalue weighted by Gasteiger charge is 1.85. The van der Waals surface area contributed by atoms with Gasteiger partial charge in [-0.05, 0) is 24.3 Å². The fourth-order valence-electron chi connectivity index (χ4n) is 0.328. The van der Waals surface area contributed by atoms with Crippen LogP contribution in [0.2, 0.25) is 0 Å². The Kier molecular flexibility index (Phi) is 5.18. The number of rotatable bonds is 3. The Morgan fingerprint density at radius 1 is 1.62 bits per heavy atom. The van der Waals surface area contributed by atoms with Gasteiger partial charge in [-0.3, -0.25) is 0 Å². The lowest BCUT2D eigenvalue weighted by molar-refractivity contribution is 0.691. The maximum atomic E-state index is 4.00. The van der Waals surface area contributed by atoms with Crippen LogP contribution in [0, 0.1) is 5.92 Å². The van der Waals surface area contributed by atoms with Crippen LogP contribution in [0.4, 0.5) is 0 Å². The maximum Gasteiger partial charge on any atom is 0.0128 e. The molecule has 1 nitrogen and oxygen atoms in total. The molecule has 0 amide bonds. The van der Waals surface area contributed by atoms with Gasteiger partial charge in [-0.15, -0.1) is 0 Å². The highest BCUT2D eigenvalue weighted by Crippen LogP contribution is 1.98. The highest BCUT2D eigenvalue weighted by atomic mass is 32.2. The molecule has 0 radical (unpaired) electrons. The summed E-state index contributed by atoms with van der Waals surface area (Å²) in [5.74, 6) is 0.742. The molecule has 8 heavy (non-hydrogen) atoms. The van der Waals surface area contributed by atoms with Crippen molar-refractivity contribution >= 4 is 18.2 Å². The average Bonchev–Trinajstić information content (AvgIpc) is 1.66. The van der Waals surface area contributed by atoms with Crippen molar-refractivity contribution in [2.24, 2.45) is 10.3 Å². The molecule has 0 bridgehead atoms. The monoisotopic (exact) mass is 131 g/mol. The predicted molar refractivity (Wildman–Crippen MR) is 41.5 cm³/mol. The van der Waals surface area contributed by atoms with Gasteiger partial charge in [0.05, 0.1) is 0 Å². The van der Waals surface area contributed by atoms with E-state index in [0.29, 0.717) is 0 Å². The third-order valence-corrected chi connectivity index (χ3v) is 1.12. The van der Waals surface area contributed by atoms with Gasteiger partial charge in [-0.25, -0.2) is 4.40 Å². The molecule has 0 aromatic carbocycles. The molecule has 0 saturated carbocycles. The summed E-state index contributed by atoms with van der Waals surface area (Å²) >= 11 is 1.51. The van der Waals surface area contributed by atoms with Gasteiger partial charge in [0.2, 0.25) is 0 Å². The van der Waals surface area contributed by atoms with Gasteiger partial charge in [0.1, 0.15) is 0 Å². The van der Waals surface area contributed by atoms with Crippen molar-refractivity contribution in [2.45, 2.75) is 20.3 Å². The molecular weight excluding hydrogens is 118 g/mol. The van der Waals surface area contributed by atoms with E-state index in [1.807, 2.05) is 12.5 Å². The summed E-state index contributed by atoms with van der Waals surface area (Å²) in [5.41, 5.74) is 0. The average molecular weight is 131 g/mol. The van der Waals surface area contributed by atoms with E-state index >= 15 is 0 Å². The van der Waals surface area contributed by atoms with Crippen LogP contribution in [0.25, 0.3) is 0 Å². The largest absolute Gasteiger partial charge is 0.229 e. The first kappa shape index (κ1) is 8.02. The minimum absolute atomic E-state index is 0.742. The molecule has 2 heteroatoms. The molecule has 0 heterocycles. The van der Waals surface area contributed by atoms with Crippen LogP contribution in [0.5, 0.6) is 0 Å².